The Hall–Kier alpha value is -0.980. The van der Waals surface area contributed by atoms with E-state index in [1.54, 1.807) is 11.1 Å². The Labute approximate surface area is 80.2 Å². The van der Waals surface area contributed by atoms with Crippen molar-refractivity contribution in [3.63, 3.8) is 0 Å². The molecule has 0 bridgehead atoms. The topological polar surface area (TPSA) is 12.0 Å². The van der Waals surface area contributed by atoms with E-state index in [0.717, 1.165) is 6.54 Å². The third kappa shape index (κ3) is 1.69. The summed E-state index contributed by atoms with van der Waals surface area (Å²) in [5.74, 6) is 0. The highest BCUT2D eigenvalue weighted by Crippen LogP contribution is 2.28. The van der Waals surface area contributed by atoms with Crippen LogP contribution in [-0.2, 0) is 12.8 Å². The van der Waals surface area contributed by atoms with Crippen molar-refractivity contribution in [1.29, 1.82) is 0 Å². The van der Waals surface area contributed by atoms with Gasteiger partial charge in [-0.1, -0.05) is 19.1 Å². The molecule has 1 N–H and O–H groups in total. The van der Waals surface area contributed by atoms with E-state index in [1.807, 2.05) is 0 Å². The summed E-state index contributed by atoms with van der Waals surface area (Å²) in [6.45, 7) is 3.30. The second-order valence-corrected chi connectivity index (χ2v) is 3.72. The molecule has 0 radical (unpaired) electrons. The predicted octanol–water partition coefficient (Wildman–Crippen LogP) is 3.00. The minimum atomic E-state index is 1.09. The summed E-state index contributed by atoms with van der Waals surface area (Å²) < 4.78 is 0. The summed E-state index contributed by atoms with van der Waals surface area (Å²) in [5.41, 5.74) is 4.49. The lowest BCUT2D eigenvalue weighted by atomic mass is 10.1. The number of rotatable bonds is 3. The molecule has 0 atom stereocenters. The second kappa shape index (κ2) is 3.82. The Kier molecular flexibility index (Phi) is 2.53. The number of benzene rings is 1. The van der Waals surface area contributed by atoms with Gasteiger partial charge >= 0.3 is 0 Å². The fraction of sp³-hybridized carbons (Fsp3) is 0.500. The van der Waals surface area contributed by atoms with Gasteiger partial charge in [0.25, 0.3) is 0 Å². The van der Waals surface area contributed by atoms with Crippen LogP contribution in [0, 0.1) is 0 Å². The van der Waals surface area contributed by atoms with Gasteiger partial charge in [0.1, 0.15) is 0 Å². The summed E-state index contributed by atoms with van der Waals surface area (Å²) in [6.07, 6.45) is 5.07. The average molecular weight is 175 g/mol. The molecule has 2 rings (SSSR count). The first kappa shape index (κ1) is 8.61. The van der Waals surface area contributed by atoms with Crippen molar-refractivity contribution >= 4 is 5.69 Å². The zero-order chi connectivity index (χ0) is 9.10. The molecule has 0 amide bonds. The average Bonchev–Trinajstić information content (AvgIpc) is 2.62. The number of fused-ring (bicyclic) bond motifs is 1. The third-order valence-corrected chi connectivity index (χ3v) is 2.71. The molecule has 0 heterocycles. The Balaban J connectivity index is 2.20. The van der Waals surface area contributed by atoms with E-state index in [4.69, 9.17) is 0 Å². The van der Waals surface area contributed by atoms with Crippen molar-refractivity contribution in [3.8, 4) is 0 Å². The van der Waals surface area contributed by atoms with E-state index >= 15 is 0 Å². The maximum atomic E-state index is 3.49. The van der Waals surface area contributed by atoms with Crippen molar-refractivity contribution in [2.24, 2.45) is 0 Å². The van der Waals surface area contributed by atoms with Gasteiger partial charge in [-0.25, -0.2) is 0 Å². The first-order valence-electron chi connectivity index (χ1n) is 5.26. The van der Waals surface area contributed by atoms with E-state index in [2.05, 4.69) is 30.4 Å². The molecular formula is C12H17N. The van der Waals surface area contributed by atoms with Crippen LogP contribution in [0.1, 0.15) is 30.9 Å². The molecule has 1 aromatic carbocycles. The molecule has 1 nitrogen and oxygen atoms in total. The van der Waals surface area contributed by atoms with Crippen LogP contribution in [0.4, 0.5) is 5.69 Å². The lowest BCUT2D eigenvalue weighted by Gasteiger charge is -2.09. The third-order valence-electron chi connectivity index (χ3n) is 2.71. The summed E-state index contributed by atoms with van der Waals surface area (Å²) in [4.78, 5) is 0. The molecule has 0 saturated heterocycles. The molecule has 70 valence electrons. The minimum Gasteiger partial charge on any atom is -0.385 e. The van der Waals surface area contributed by atoms with E-state index in [9.17, 15) is 0 Å². The smallest absolute Gasteiger partial charge is 0.0375 e. The molecule has 0 fully saturated rings. The molecule has 13 heavy (non-hydrogen) atoms. The van der Waals surface area contributed by atoms with Crippen LogP contribution in [0.3, 0.4) is 0 Å². The van der Waals surface area contributed by atoms with Crippen molar-refractivity contribution in [2.75, 3.05) is 11.9 Å². The Bertz CT molecular complexity index is 291. The Morgan fingerprint density at radius 1 is 1.31 bits per heavy atom. The van der Waals surface area contributed by atoms with Crippen LogP contribution in [-0.4, -0.2) is 6.54 Å². The predicted molar refractivity (Wildman–Crippen MR) is 57.2 cm³/mol. The fourth-order valence-electron chi connectivity index (χ4n) is 2.05. The quantitative estimate of drug-likeness (QED) is 0.744. The second-order valence-electron chi connectivity index (χ2n) is 3.72. The van der Waals surface area contributed by atoms with Crippen LogP contribution in [0.2, 0.25) is 0 Å². The van der Waals surface area contributed by atoms with Gasteiger partial charge in [0.15, 0.2) is 0 Å². The highest BCUT2D eigenvalue weighted by Gasteiger charge is 2.13. The van der Waals surface area contributed by atoms with Gasteiger partial charge in [-0.2, -0.15) is 0 Å². The Morgan fingerprint density at radius 3 is 3.08 bits per heavy atom. The molecule has 1 heteroatoms. The van der Waals surface area contributed by atoms with Crippen molar-refractivity contribution in [1.82, 2.24) is 0 Å². The maximum Gasteiger partial charge on any atom is 0.0375 e. The summed E-state index contributed by atoms with van der Waals surface area (Å²) >= 11 is 0. The number of hydrogen-bond donors (Lipinski definition) is 1. The van der Waals surface area contributed by atoms with Gasteiger partial charge in [0, 0.05) is 12.2 Å². The van der Waals surface area contributed by atoms with Crippen molar-refractivity contribution < 1.29 is 0 Å². The van der Waals surface area contributed by atoms with Crippen LogP contribution in [0.5, 0.6) is 0 Å². The summed E-state index contributed by atoms with van der Waals surface area (Å²) in [6, 6.07) is 6.64. The highest BCUT2D eigenvalue weighted by molar-refractivity contribution is 5.56. The number of anilines is 1. The first-order chi connectivity index (χ1) is 6.42. The van der Waals surface area contributed by atoms with Gasteiger partial charge < -0.3 is 5.32 Å². The minimum absolute atomic E-state index is 1.09. The maximum absolute atomic E-state index is 3.49. The van der Waals surface area contributed by atoms with Crippen LogP contribution in [0.15, 0.2) is 18.2 Å². The molecule has 1 aliphatic carbocycles. The molecule has 0 aromatic heterocycles. The molecule has 0 unspecified atom stereocenters. The number of nitrogens with one attached hydrogen (secondary N) is 1. The lowest BCUT2D eigenvalue weighted by Crippen LogP contribution is -2.02. The van der Waals surface area contributed by atoms with Gasteiger partial charge in [0.2, 0.25) is 0 Å². The largest absolute Gasteiger partial charge is 0.385 e. The van der Waals surface area contributed by atoms with Gasteiger partial charge in [-0.3, -0.25) is 0 Å². The van der Waals surface area contributed by atoms with Gasteiger partial charge in [0.05, 0.1) is 0 Å². The summed E-state index contributed by atoms with van der Waals surface area (Å²) in [7, 11) is 0. The molecule has 1 aromatic rings. The standard InChI is InChI=1S/C12H17N/c1-2-9-13-12-8-4-6-10-5-3-7-11(10)12/h4,6,8,13H,2-3,5,7,9H2,1H3. The molecule has 0 spiro atoms. The monoisotopic (exact) mass is 175 g/mol. The van der Waals surface area contributed by atoms with Crippen molar-refractivity contribution in [2.45, 2.75) is 32.6 Å². The lowest BCUT2D eigenvalue weighted by molar-refractivity contribution is 0.909. The zero-order valence-electron chi connectivity index (χ0n) is 8.27. The van der Waals surface area contributed by atoms with Crippen molar-refractivity contribution in [3.05, 3.63) is 29.3 Å². The Morgan fingerprint density at radius 2 is 2.23 bits per heavy atom. The zero-order valence-corrected chi connectivity index (χ0v) is 8.27. The molecular weight excluding hydrogens is 158 g/mol. The molecule has 1 aliphatic rings. The van der Waals surface area contributed by atoms with Crippen LogP contribution < -0.4 is 5.32 Å². The summed E-state index contributed by atoms with van der Waals surface area (Å²) in [5, 5.41) is 3.49. The fourth-order valence-corrected chi connectivity index (χ4v) is 2.05. The van der Waals surface area contributed by atoms with E-state index in [1.165, 1.54) is 31.4 Å². The number of hydrogen-bond acceptors (Lipinski definition) is 1. The highest BCUT2D eigenvalue weighted by atomic mass is 14.9. The first-order valence-corrected chi connectivity index (χ1v) is 5.26. The normalized spacial score (nSPS) is 14.2. The van der Waals surface area contributed by atoms with E-state index in [0.29, 0.717) is 0 Å². The number of aryl methyl sites for hydroxylation is 1. The van der Waals surface area contributed by atoms with E-state index in [-0.39, 0.29) is 0 Å². The van der Waals surface area contributed by atoms with Gasteiger partial charge in [-0.05, 0) is 42.9 Å². The molecule has 0 aliphatic heterocycles. The van der Waals surface area contributed by atoms with E-state index < -0.39 is 0 Å². The van der Waals surface area contributed by atoms with Crippen LogP contribution in [0.25, 0.3) is 0 Å². The van der Waals surface area contributed by atoms with Crippen LogP contribution >= 0.6 is 0 Å². The molecule has 0 saturated carbocycles. The van der Waals surface area contributed by atoms with Gasteiger partial charge in [-0.15, -0.1) is 0 Å². The SMILES string of the molecule is CCCNc1cccc2c1CCC2.